The minimum atomic E-state index is -0.386. The van der Waals surface area contributed by atoms with E-state index in [0.717, 1.165) is 25.9 Å². The van der Waals surface area contributed by atoms with Crippen molar-refractivity contribution in [2.45, 2.75) is 25.4 Å². The summed E-state index contributed by atoms with van der Waals surface area (Å²) in [4.78, 5) is 15.5. The number of nitrogens with zero attached hydrogens (tertiary/aromatic N) is 1. The van der Waals surface area contributed by atoms with Crippen molar-refractivity contribution >= 4 is 17.6 Å². The molecule has 1 aromatic rings. The van der Waals surface area contributed by atoms with Gasteiger partial charge in [0.05, 0.1) is 11.7 Å². The summed E-state index contributed by atoms with van der Waals surface area (Å²) in [6.07, 6.45) is 4.68. The molecule has 92 valence electrons. The summed E-state index contributed by atoms with van der Waals surface area (Å²) in [6, 6.07) is 3.07. The van der Waals surface area contributed by atoms with Crippen molar-refractivity contribution < 1.29 is 14.3 Å². The minimum absolute atomic E-state index is 0.0324. The van der Waals surface area contributed by atoms with Crippen LogP contribution in [0, 0.1) is 0 Å². The molecule has 1 saturated heterocycles. The molecule has 0 saturated carbocycles. The monoisotopic (exact) mass is 255 g/mol. The van der Waals surface area contributed by atoms with E-state index in [1.54, 1.807) is 6.07 Å². The fraction of sp³-hybridized carbons (Fsp3) is 0.500. The van der Waals surface area contributed by atoms with E-state index in [2.05, 4.69) is 4.98 Å². The van der Waals surface area contributed by atoms with Crippen LogP contribution in [0.1, 0.15) is 29.6 Å². The number of carbonyl (C=O) groups excluding carboxylic acids is 1. The molecule has 5 heteroatoms. The Kier molecular flexibility index (Phi) is 4.34. The van der Waals surface area contributed by atoms with Gasteiger partial charge >= 0.3 is 5.97 Å². The number of ether oxygens (including phenoxy) is 2. The third-order valence-electron chi connectivity index (χ3n) is 2.64. The van der Waals surface area contributed by atoms with Gasteiger partial charge in [0.2, 0.25) is 0 Å². The number of halogens is 1. The molecule has 0 bridgehead atoms. The van der Waals surface area contributed by atoms with Crippen molar-refractivity contribution in [3.8, 4) is 0 Å². The van der Waals surface area contributed by atoms with Crippen LogP contribution in [0.25, 0.3) is 0 Å². The zero-order valence-electron chi connectivity index (χ0n) is 9.39. The van der Waals surface area contributed by atoms with Gasteiger partial charge in [0.25, 0.3) is 0 Å². The summed E-state index contributed by atoms with van der Waals surface area (Å²) in [5, 5.41) is 0.286. The van der Waals surface area contributed by atoms with Crippen LogP contribution in [0.3, 0.4) is 0 Å². The largest absolute Gasteiger partial charge is 0.459 e. The van der Waals surface area contributed by atoms with E-state index in [-0.39, 0.29) is 17.2 Å². The minimum Gasteiger partial charge on any atom is -0.459 e. The van der Waals surface area contributed by atoms with Gasteiger partial charge in [-0.3, -0.25) is 0 Å². The maximum absolute atomic E-state index is 11.7. The molecule has 1 aliphatic rings. The molecule has 0 spiro atoms. The molecule has 0 aliphatic carbocycles. The molecular weight excluding hydrogens is 242 g/mol. The van der Waals surface area contributed by atoms with Crippen LogP contribution in [0.5, 0.6) is 0 Å². The zero-order valence-corrected chi connectivity index (χ0v) is 10.2. The molecule has 0 radical (unpaired) electrons. The highest BCUT2D eigenvalue weighted by Crippen LogP contribution is 2.14. The summed E-state index contributed by atoms with van der Waals surface area (Å²) < 4.78 is 10.6. The van der Waals surface area contributed by atoms with Crippen LogP contribution in [0.15, 0.2) is 18.3 Å². The van der Waals surface area contributed by atoms with Crippen molar-refractivity contribution in [2.24, 2.45) is 0 Å². The summed E-state index contributed by atoms with van der Waals surface area (Å²) in [5.74, 6) is -0.386. The van der Waals surface area contributed by atoms with Crippen LogP contribution in [0.2, 0.25) is 5.15 Å². The van der Waals surface area contributed by atoms with Gasteiger partial charge in [0.15, 0.2) is 0 Å². The first-order chi connectivity index (χ1) is 8.25. The summed E-state index contributed by atoms with van der Waals surface area (Å²) in [5.41, 5.74) is 0.417. The van der Waals surface area contributed by atoms with E-state index in [4.69, 9.17) is 21.1 Å². The lowest BCUT2D eigenvalue weighted by atomic mass is 10.1. The van der Waals surface area contributed by atoms with E-state index in [0.29, 0.717) is 12.2 Å². The molecule has 0 amide bonds. The van der Waals surface area contributed by atoms with Crippen LogP contribution in [-0.2, 0) is 9.47 Å². The van der Waals surface area contributed by atoms with Gasteiger partial charge < -0.3 is 9.47 Å². The first-order valence-electron chi connectivity index (χ1n) is 5.66. The third kappa shape index (κ3) is 3.68. The highest BCUT2D eigenvalue weighted by Gasteiger charge is 2.16. The molecule has 1 unspecified atom stereocenters. The maximum Gasteiger partial charge on any atom is 0.338 e. The predicted octanol–water partition coefficient (Wildman–Crippen LogP) is 2.46. The predicted molar refractivity (Wildman–Crippen MR) is 63.1 cm³/mol. The lowest BCUT2D eigenvalue weighted by molar-refractivity contribution is -0.0300. The molecular formula is C12H14ClNO3. The fourth-order valence-electron chi connectivity index (χ4n) is 1.72. The number of esters is 1. The van der Waals surface area contributed by atoms with Gasteiger partial charge in [0.1, 0.15) is 11.8 Å². The summed E-state index contributed by atoms with van der Waals surface area (Å²) >= 11 is 5.69. The smallest absolute Gasteiger partial charge is 0.338 e. The second-order valence-electron chi connectivity index (χ2n) is 3.95. The number of hydrogen-bond acceptors (Lipinski definition) is 4. The van der Waals surface area contributed by atoms with Crippen LogP contribution < -0.4 is 0 Å². The van der Waals surface area contributed by atoms with Gasteiger partial charge in [-0.1, -0.05) is 11.6 Å². The second kappa shape index (κ2) is 5.98. The number of carbonyl (C=O) groups is 1. The standard InChI is InChI=1S/C12H14ClNO3/c13-11-7-9(4-5-14-11)12(15)17-8-10-3-1-2-6-16-10/h4-5,7,10H,1-3,6,8H2. The Balaban J connectivity index is 1.84. The summed E-state index contributed by atoms with van der Waals surface area (Å²) in [7, 11) is 0. The van der Waals surface area contributed by atoms with Gasteiger partial charge in [-0.2, -0.15) is 0 Å². The molecule has 0 aromatic carbocycles. The molecule has 1 aliphatic heterocycles. The lowest BCUT2D eigenvalue weighted by Gasteiger charge is -2.22. The normalized spacial score (nSPS) is 19.9. The van der Waals surface area contributed by atoms with Crippen molar-refractivity contribution in [3.05, 3.63) is 29.0 Å². The van der Waals surface area contributed by atoms with Crippen molar-refractivity contribution in [2.75, 3.05) is 13.2 Å². The van der Waals surface area contributed by atoms with Crippen LogP contribution >= 0.6 is 11.6 Å². The van der Waals surface area contributed by atoms with Crippen LogP contribution in [-0.4, -0.2) is 30.3 Å². The quantitative estimate of drug-likeness (QED) is 0.615. The highest BCUT2D eigenvalue weighted by molar-refractivity contribution is 6.29. The highest BCUT2D eigenvalue weighted by atomic mass is 35.5. The van der Waals surface area contributed by atoms with Crippen molar-refractivity contribution in [3.63, 3.8) is 0 Å². The Hall–Kier alpha value is -1.13. The summed E-state index contributed by atoms with van der Waals surface area (Å²) in [6.45, 7) is 1.06. The van der Waals surface area contributed by atoms with Gasteiger partial charge in [-0.25, -0.2) is 9.78 Å². The van der Waals surface area contributed by atoms with E-state index in [9.17, 15) is 4.79 Å². The fourth-order valence-corrected chi connectivity index (χ4v) is 1.89. The number of aromatic nitrogens is 1. The first kappa shape index (κ1) is 12.3. The molecule has 4 nitrogen and oxygen atoms in total. The van der Waals surface area contributed by atoms with E-state index in [1.165, 1.54) is 12.3 Å². The third-order valence-corrected chi connectivity index (χ3v) is 2.84. The van der Waals surface area contributed by atoms with Gasteiger partial charge in [-0.15, -0.1) is 0 Å². The van der Waals surface area contributed by atoms with Crippen molar-refractivity contribution in [1.29, 1.82) is 0 Å². The molecule has 1 aromatic heterocycles. The SMILES string of the molecule is O=C(OCC1CCCCO1)c1ccnc(Cl)c1. The molecule has 0 N–H and O–H groups in total. The van der Waals surface area contributed by atoms with E-state index in [1.807, 2.05) is 0 Å². The lowest BCUT2D eigenvalue weighted by Crippen LogP contribution is -2.25. The first-order valence-corrected chi connectivity index (χ1v) is 6.04. The van der Waals surface area contributed by atoms with Crippen molar-refractivity contribution in [1.82, 2.24) is 4.98 Å². The van der Waals surface area contributed by atoms with E-state index < -0.39 is 0 Å². The van der Waals surface area contributed by atoms with E-state index >= 15 is 0 Å². The number of pyridine rings is 1. The molecule has 2 rings (SSSR count). The molecule has 17 heavy (non-hydrogen) atoms. The molecule has 2 heterocycles. The van der Waals surface area contributed by atoms with Gasteiger partial charge in [-0.05, 0) is 31.4 Å². The second-order valence-corrected chi connectivity index (χ2v) is 4.34. The van der Waals surface area contributed by atoms with Gasteiger partial charge in [0, 0.05) is 12.8 Å². The average Bonchev–Trinajstić information content (AvgIpc) is 2.37. The molecule has 1 fully saturated rings. The number of rotatable bonds is 3. The number of hydrogen-bond donors (Lipinski definition) is 0. The topological polar surface area (TPSA) is 48.4 Å². The Morgan fingerprint density at radius 1 is 1.59 bits per heavy atom. The Morgan fingerprint density at radius 3 is 3.18 bits per heavy atom. The average molecular weight is 256 g/mol. The Morgan fingerprint density at radius 2 is 2.47 bits per heavy atom. The van der Waals surface area contributed by atoms with Crippen LogP contribution in [0.4, 0.5) is 0 Å². The molecule has 1 atom stereocenters. The zero-order chi connectivity index (χ0) is 12.1. The Labute approximate surface area is 105 Å². The maximum atomic E-state index is 11.7. The Bertz CT molecular complexity index is 391.